The molecule has 0 fully saturated rings. The SMILES string of the molecule is CC[C@@H](O)c1ccc(C)c(Br)c1. The average Bonchev–Trinajstić information content (AvgIpc) is 2.08. The molecule has 0 aromatic heterocycles. The molecule has 0 bridgehead atoms. The molecule has 12 heavy (non-hydrogen) atoms. The van der Waals surface area contributed by atoms with Crippen LogP contribution in [0, 0.1) is 6.92 Å². The van der Waals surface area contributed by atoms with Crippen molar-refractivity contribution in [3.63, 3.8) is 0 Å². The predicted molar refractivity (Wildman–Crippen MR) is 54.1 cm³/mol. The van der Waals surface area contributed by atoms with Gasteiger partial charge in [-0.1, -0.05) is 35.0 Å². The maximum Gasteiger partial charge on any atom is 0.0787 e. The zero-order chi connectivity index (χ0) is 9.14. The van der Waals surface area contributed by atoms with E-state index in [9.17, 15) is 5.11 Å². The summed E-state index contributed by atoms with van der Waals surface area (Å²) in [6.07, 6.45) is 0.428. The van der Waals surface area contributed by atoms with E-state index in [-0.39, 0.29) is 6.10 Å². The van der Waals surface area contributed by atoms with Crippen LogP contribution in [0.3, 0.4) is 0 Å². The van der Waals surface area contributed by atoms with E-state index >= 15 is 0 Å². The fourth-order valence-electron chi connectivity index (χ4n) is 1.05. The highest BCUT2D eigenvalue weighted by Gasteiger charge is 2.05. The van der Waals surface area contributed by atoms with Gasteiger partial charge in [0.05, 0.1) is 6.10 Å². The van der Waals surface area contributed by atoms with Crippen molar-refractivity contribution in [2.24, 2.45) is 0 Å². The quantitative estimate of drug-likeness (QED) is 0.825. The lowest BCUT2D eigenvalue weighted by atomic mass is 10.1. The molecule has 2 heteroatoms. The number of hydrogen-bond acceptors (Lipinski definition) is 1. The van der Waals surface area contributed by atoms with Crippen molar-refractivity contribution >= 4 is 15.9 Å². The predicted octanol–water partition coefficient (Wildman–Crippen LogP) is 3.20. The highest BCUT2D eigenvalue weighted by Crippen LogP contribution is 2.23. The third kappa shape index (κ3) is 2.08. The molecule has 1 N–H and O–H groups in total. The van der Waals surface area contributed by atoms with E-state index in [0.717, 1.165) is 16.5 Å². The maximum atomic E-state index is 9.52. The number of halogens is 1. The van der Waals surface area contributed by atoms with Crippen molar-refractivity contribution in [2.75, 3.05) is 0 Å². The summed E-state index contributed by atoms with van der Waals surface area (Å²) in [4.78, 5) is 0. The Hall–Kier alpha value is -0.340. The van der Waals surface area contributed by atoms with Gasteiger partial charge >= 0.3 is 0 Å². The standard InChI is InChI=1S/C10H13BrO/c1-3-10(12)8-5-4-7(2)9(11)6-8/h4-6,10,12H,3H2,1-2H3/t10-/m1/s1. The lowest BCUT2D eigenvalue weighted by Gasteiger charge is -2.09. The zero-order valence-corrected chi connectivity index (χ0v) is 8.93. The van der Waals surface area contributed by atoms with Crippen LogP contribution in [0.2, 0.25) is 0 Å². The molecule has 0 aliphatic rings. The summed E-state index contributed by atoms with van der Waals surface area (Å²) in [5.41, 5.74) is 2.18. The molecule has 1 rings (SSSR count). The smallest absolute Gasteiger partial charge is 0.0787 e. The number of aliphatic hydroxyl groups excluding tert-OH is 1. The van der Waals surface area contributed by atoms with E-state index in [2.05, 4.69) is 15.9 Å². The first-order valence-corrected chi connectivity index (χ1v) is 4.88. The van der Waals surface area contributed by atoms with E-state index in [1.54, 1.807) is 0 Å². The fourth-order valence-corrected chi connectivity index (χ4v) is 1.45. The topological polar surface area (TPSA) is 20.2 Å². The van der Waals surface area contributed by atoms with E-state index in [0.29, 0.717) is 0 Å². The first kappa shape index (κ1) is 9.75. The van der Waals surface area contributed by atoms with Crippen molar-refractivity contribution in [3.8, 4) is 0 Å². The molecule has 1 atom stereocenters. The number of aryl methyl sites for hydroxylation is 1. The van der Waals surface area contributed by atoms with Crippen LogP contribution in [0.5, 0.6) is 0 Å². The van der Waals surface area contributed by atoms with Gasteiger partial charge in [-0.2, -0.15) is 0 Å². The number of aliphatic hydroxyl groups is 1. The average molecular weight is 229 g/mol. The van der Waals surface area contributed by atoms with E-state index in [1.807, 2.05) is 32.0 Å². The van der Waals surface area contributed by atoms with Gasteiger partial charge in [0, 0.05) is 4.47 Å². The van der Waals surface area contributed by atoms with Gasteiger partial charge < -0.3 is 5.11 Å². The molecule has 66 valence electrons. The molecule has 0 aliphatic carbocycles. The zero-order valence-electron chi connectivity index (χ0n) is 7.34. The van der Waals surface area contributed by atoms with Gasteiger partial charge in [0.1, 0.15) is 0 Å². The van der Waals surface area contributed by atoms with Crippen molar-refractivity contribution in [1.29, 1.82) is 0 Å². The van der Waals surface area contributed by atoms with Gasteiger partial charge in [0.25, 0.3) is 0 Å². The Labute approximate surface area is 81.6 Å². The molecule has 0 spiro atoms. The third-order valence-corrected chi connectivity index (χ3v) is 2.82. The van der Waals surface area contributed by atoms with Gasteiger partial charge in [0.2, 0.25) is 0 Å². The molecule has 0 saturated carbocycles. The largest absolute Gasteiger partial charge is 0.388 e. The van der Waals surface area contributed by atoms with E-state index in [1.165, 1.54) is 5.56 Å². The van der Waals surface area contributed by atoms with Crippen LogP contribution in [0.25, 0.3) is 0 Å². The number of rotatable bonds is 2. The van der Waals surface area contributed by atoms with Crippen LogP contribution < -0.4 is 0 Å². The molecular weight excluding hydrogens is 216 g/mol. The second kappa shape index (κ2) is 4.06. The highest BCUT2D eigenvalue weighted by atomic mass is 79.9. The lowest BCUT2D eigenvalue weighted by molar-refractivity contribution is 0.173. The molecule has 1 nitrogen and oxygen atoms in total. The summed E-state index contributed by atoms with van der Waals surface area (Å²) in [5.74, 6) is 0. The Kier molecular flexibility index (Phi) is 3.29. The maximum absolute atomic E-state index is 9.52. The Balaban J connectivity index is 2.96. The van der Waals surface area contributed by atoms with Crippen molar-refractivity contribution in [1.82, 2.24) is 0 Å². The third-order valence-electron chi connectivity index (χ3n) is 1.97. The summed E-state index contributed by atoms with van der Waals surface area (Å²) in [6, 6.07) is 5.95. The first-order chi connectivity index (χ1) is 5.65. The van der Waals surface area contributed by atoms with Gasteiger partial charge in [-0.05, 0) is 30.5 Å². The van der Waals surface area contributed by atoms with E-state index < -0.39 is 0 Å². The Morgan fingerprint density at radius 1 is 1.50 bits per heavy atom. The molecule has 0 saturated heterocycles. The van der Waals surface area contributed by atoms with Crippen LogP contribution in [-0.4, -0.2) is 5.11 Å². The molecule has 0 amide bonds. The normalized spacial score (nSPS) is 13.0. The fraction of sp³-hybridized carbons (Fsp3) is 0.400. The molecular formula is C10H13BrO. The molecule has 0 heterocycles. The lowest BCUT2D eigenvalue weighted by Crippen LogP contribution is -1.94. The molecule has 1 aromatic rings. The minimum Gasteiger partial charge on any atom is -0.388 e. The summed E-state index contributed by atoms with van der Waals surface area (Å²) >= 11 is 3.43. The van der Waals surface area contributed by atoms with Crippen molar-refractivity contribution < 1.29 is 5.11 Å². The summed E-state index contributed by atoms with van der Waals surface area (Å²) in [7, 11) is 0. The Morgan fingerprint density at radius 2 is 2.17 bits per heavy atom. The summed E-state index contributed by atoms with van der Waals surface area (Å²) in [6.45, 7) is 4.00. The molecule has 0 unspecified atom stereocenters. The summed E-state index contributed by atoms with van der Waals surface area (Å²) < 4.78 is 1.06. The van der Waals surface area contributed by atoms with Crippen LogP contribution in [0.4, 0.5) is 0 Å². The monoisotopic (exact) mass is 228 g/mol. The van der Waals surface area contributed by atoms with Gasteiger partial charge in [0.15, 0.2) is 0 Å². The summed E-state index contributed by atoms with van der Waals surface area (Å²) in [5, 5.41) is 9.52. The second-order valence-electron chi connectivity index (χ2n) is 2.93. The Bertz CT molecular complexity index is 271. The molecule has 1 aromatic carbocycles. The van der Waals surface area contributed by atoms with Gasteiger partial charge in [-0.25, -0.2) is 0 Å². The van der Waals surface area contributed by atoms with Gasteiger partial charge in [-0.3, -0.25) is 0 Å². The second-order valence-corrected chi connectivity index (χ2v) is 3.79. The molecule has 0 aliphatic heterocycles. The van der Waals surface area contributed by atoms with E-state index in [4.69, 9.17) is 0 Å². The number of hydrogen-bond donors (Lipinski definition) is 1. The van der Waals surface area contributed by atoms with Gasteiger partial charge in [-0.15, -0.1) is 0 Å². The van der Waals surface area contributed by atoms with Crippen molar-refractivity contribution in [3.05, 3.63) is 33.8 Å². The van der Waals surface area contributed by atoms with Crippen LogP contribution in [-0.2, 0) is 0 Å². The first-order valence-electron chi connectivity index (χ1n) is 4.09. The number of benzene rings is 1. The molecule has 0 radical (unpaired) electrons. The highest BCUT2D eigenvalue weighted by molar-refractivity contribution is 9.10. The van der Waals surface area contributed by atoms with Crippen LogP contribution >= 0.6 is 15.9 Å². The van der Waals surface area contributed by atoms with Crippen LogP contribution in [0.1, 0.15) is 30.6 Å². The Morgan fingerprint density at radius 3 is 2.67 bits per heavy atom. The minimum atomic E-state index is -0.332. The van der Waals surface area contributed by atoms with Crippen molar-refractivity contribution in [2.45, 2.75) is 26.4 Å². The minimum absolute atomic E-state index is 0.332. The van der Waals surface area contributed by atoms with Crippen LogP contribution in [0.15, 0.2) is 22.7 Å².